The zero-order valence-corrected chi connectivity index (χ0v) is 17.9. The van der Waals surface area contributed by atoms with Crippen LogP contribution in [0.25, 0.3) is 22.1 Å². The second-order valence-corrected chi connectivity index (χ2v) is 7.52. The van der Waals surface area contributed by atoms with Crippen molar-refractivity contribution < 1.29 is 18.7 Å². The third kappa shape index (κ3) is 5.21. The number of fused-ring (bicyclic) bond motifs is 1. The largest absolute Gasteiger partial charge is 0.459 e. The van der Waals surface area contributed by atoms with E-state index in [0.717, 1.165) is 10.2 Å². The zero-order chi connectivity index (χ0) is 23.4. The third-order valence-electron chi connectivity index (χ3n) is 4.79. The van der Waals surface area contributed by atoms with Crippen LogP contribution in [0.4, 0.5) is 0 Å². The number of rotatable bonds is 7. The van der Waals surface area contributed by atoms with E-state index in [9.17, 15) is 19.2 Å². The number of nitrogens with one attached hydrogen (secondary N) is 2. The first kappa shape index (κ1) is 22.1. The van der Waals surface area contributed by atoms with Gasteiger partial charge < -0.3 is 14.5 Å². The molecule has 0 saturated carbocycles. The van der Waals surface area contributed by atoms with E-state index in [0.29, 0.717) is 16.5 Å². The second kappa shape index (κ2) is 9.58. The molecule has 0 unspecified atom stereocenters. The molecule has 0 aliphatic rings. The van der Waals surface area contributed by atoms with Gasteiger partial charge in [0.15, 0.2) is 6.61 Å². The first-order valence-corrected chi connectivity index (χ1v) is 10.3. The van der Waals surface area contributed by atoms with Gasteiger partial charge in [0, 0.05) is 10.6 Å². The minimum atomic E-state index is -0.846. The Morgan fingerprint density at radius 3 is 2.48 bits per heavy atom. The molecule has 2 heterocycles. The monoisotopic (exact) mass is 467 g/mol. The molecule has 0 saturated heterocycles. The van der Waals surface area contributed by atoms with Gasteiger partial charge in [-0.3, -0.25) is 24.3 Å². The quantitative estimate of drug-likeness (QED) is 0.402. The van der Waals surface area contributed by atoms with Crippen LogP contribution < -0.4 is 16.4 Å². The second-order valence-electron chi connectivity index (χ2n) is 7.09. The van der Waals surface area contributed by atoms with Crippen LogP contribution in [0, 0.1) is 0 Å². The lowest BCUT2D eigenvalue weighted by Crippen LogP contribution is -2.34. The van der Waals surface area contributed by atoms with E-state index < -0.39 is 36.1 Å². The summed E-state index contributed by atoms with van der Waals surface area (Å²) < 4.78 is 11.5. The molecule has 2 aromatic heterocycles. The number of furan rings is 1. The normalized spacial score (nSPS) is 10.8. The van der Waals surface area contributed by atoms with Gasteiger partial charge in [-0.2, -0.15) is 0 Å². The highest BCUT2D eigenvalue weighted by Gasteiger charge is 2.13. The van der Waals surface area contributed by atoms with Crippen molar-refractivity contribution in [3.05, 3.63) is 92.2 Å². The van der Waals surface area contributed by atoms with Crippen molar-refractivity contribution in [2.24, 2.45) is 0 Å². The number of carbonyl (C=O) groups excluding carboxylic acids is 2. The number of aromatic nitrogens is 2. The summed E-state index contributed by atoms with van der Waals surface area (Å²) in [7, 11) is 0. The molecule has 4 rings (SSSR count). The third-order valence-corrected chi connectivity index (χ3v) is 5.04. The predicted octanol–water partition coefficient (Wildman–Crippen LogP) is 2.46. The van der Waals surface area contributed by atoms with E-state index in [4.69, 9.17) is 20.8 Å². The van der Waals surface area contributed by atoms with Gasteiger partial charge >= 0.3 is 5.97 Å². The molecular formula is C23H18ClN3O6. The van der Waals surface area contributed by atoms with Crippen LogP contribution in [0.15, 0.2) is 74.7 Å². The Labute approximate surface area is 191 Å². The molecule has 0 radical (unpaired) electrons. The lowest BCUT2D eigenvalue weighted by Gasteiger charge is -2.08. The molecule has 0 fully saturated rings. The summed E-state index contributed by atoms with van der Waals surface area (Å²) in [5, 5.41) is 5.93. The van der Waals surface area contributed by atoms with Gasteiger partial charge in [0.2, 0.25) is 0 Å². The number of aromatic amines is 1. The zero-order valence-electron chi connectivity index (χ0n) is 17.2. The number of benzene rings is 2. The Morgan fingerprint density at radius 2 is 1.73 bits per heavy atom. The maximum atomic E-state index is 12.4. The minimum Gasteiger partial charge on any atom is -0.459 e. The Balaban J connectivity index is 1.29. The fraction of sp³-hybridized carbons (Fsp3) is 0.130. The van der Waals surface area contributed by atoms with Crippen molar-refractivity contribution in [1.29, 1.82) is 0 Å². The maximum Gasteiger partial charge on any atom is 0.328 e. The van der Waals surface area contributed by atoms with Crippen molar-refractivity contribution in [2.45, 2.75) is 13.1 Å². The SMILES string of the molecule is O=C(COC(=O)Cn1[nH]c(=O)c2ccccc2c1=O)NCc1ccc(-c2ccc(Cl)cc2)o1. The van der Waals surface area contributed by atoms with Crippen molar-refractivity contribution >= 4 is 34.2 Å². The topological polar surface area (TPSA) is 123 Å². The van der Waals surface area contributed by atoms with Crippen molar-refractivity contribution in [3.63, 3.8) is 0 Å². The molecule has 4 aromatic rings. The minimum absolute atomic E-state index is 0.0986. The molecule has 0 spiro atoms. The molecule has 168 valence electrons. The lowest BCUT2D eigenvalue weighted by molar-refractivity contribution is -0.149. The van der Waals surface area contributed by atoms with Crippen LogP contribution in [0.3, 0.4) is 0 Å². The van der Waals surface area contributed by atoms with Gasteiger partial charge in [0.05, 0.1) is 17.3 Å². The van der Waals surface area contributed by atoms with Crippen LogP contribution in [0.5, 0.6) is 0 Å². The van der Waals surface area contributed by atoms with Crippen LogP contribution in [0.2, 0.25) is 5.02 Å². The Bertz CT molecular complexity index is 1440. The van der Waals surface area contributed by atoms with Gasteiger partial charge in [-0.15, -0.1) is 0 Å². The highest BCUT2D eigenvalue weighted by atomic mass is 35.5. The molecule has 2 aromatic carbocycles. The fourth-order valence-corrected chi connectivity index (χ4v) is 3.28. The van der Waals surface area contributed by atoms with Gasteiger partial charge in [-0.1, -0.05) is 23.7 Å². The summed E-state index contributed by atoms with van der Waals surface area (Å²) in [6.07, 6.45) is 0. The smallest absolute Gasteiger partial charge is 0.328 e. The number of hydrogen-bond donors (Lipinski definition) is 2. The molecule has 0 atom stereocenters. The number of ether oxygens (including phenoxy) is 1. The molecular weight excluding hydrogens is 450 g/mol. The lowest BCUT2D eigenvalue weighted by atomic mass is 10.2. The number of esters is 1. The number of amides is 1. The van der Waals surface area contributed by atoms with Crippen LogP contribution >= 0.6 is 11.6 Å². The fourth-order valence-electron chi connectivity index (χ4n) is 3.16. The van der Waals surface area contributed by atoms with Crippen LogP contribution in [-0.2, 0) is 27.4 Å². The molecule has 0 aliphatic carbocycles. The summed E-state index contributed by atoms with van der Waals surface area (Å²) in [4.78, 5) is 48.6. The Hall–Kier alpha value is -4.11. The summed E-state index contributed by atoms with van der Waals surface area (Å²) >= 11 is 5.88. The molecule has 0 bridgehead atoms. The number of H-pyrrole nitrogens is 1. The van der Waals surface area contributed by atoms with Gasteiger partial charge in [0.1, 0.15) is 18.1 Å². The number of halogens is 1. The molecule has 33 heavy (non-hydrogen) atoms. The van der Waals surface area contributed by atoms with Crippen LogP contribution in [0.1, 0.15) is 5.76 Å². The summed E-state index contributed by atoms with van der Waals surface area (Å²) in [6, 6.07) is 16.9. The van der Waals surface area contributed by atoms with E-state index in [1.54, 1.807) is 36.4 Å². The van der Waals surface area contributed by atoms with Crippen LogP contribution in [-0.4, -0.2) is 28.3 Å². The van der Waals surface area contributed by atoms with E-state index >= 15 is 0 Å². The van der Waals surface area contributed by atoms with Crippen molar-refractivity contribution in [1.82, 2.24) is 15.1 Å². The highest BCUT2D eigenvalue weighted by molar-refractivity contribution is 6.30. The molecule has 9 nitrogen and oxygen atoms in total. The highest BCUT2D eigenvalue weighted by Crippen LogP contribution is 2.23. The van der Waals surface area contributed by atoms with E-state index in [2.05, 4.69) is 10.4 Å². The first-order valence-electron chi connectivity index (χ1n) is 9.89. The van der Waals surface area contributed by atoms with Gasteiger partial charge in [-0.25, -0.2) is 4.68 Å². The molecule has 0 aliphatic heterocycles. The summed E-state index contributed by atoms with van der Waals surface area (Å²) in [5.41, 5.74) is -0.207. The van der Waals surface area contributed by atoms with Gasteiger partial charge in [0.25, 0.3) is 17.0 Å². The first-order chi connectivity index (χ1) is 15.9. The predicted molar refractivity (Wildman–Crippen MR) is 121 cm³/mol. The standard InChI is InChI=1S/C23H18ClN3O6/c24-15-7-5-14(6-8-15)19-10-9-16(33-19)11-25-20(28)13-32-21(29)12-27-23(31)18-4-2-1-3-17(18)22(30)26-27/h1-10H,11-13H2,(H,25,28)(H,26,30). The maximum absolute atomic E-state index is 12.4. The molecule has 2 N–H and O–H groups in total. The Kier molecular flexibility index (Phi) is 6.41. The molecule has 10 heteroatoms. The summed E-state index contributed by atoms with van der Waals surface area (Å²) in [6.45, 7) is -0.980. The van der Waals surface area contributed by atoms with Crippen molar-refractivity contribution in [2.75, 3.05) is 6.61 Å². The summed E-state index contributed by atoms with van der Waals surface area (Å²) in [5.74, 6) is -0.259. The van der Waals surface area contributed by atoms with E-state index in [1.165, 1.54) is 12.1 Å². The number of nitrogens with zero attached hydrogens (tertiary/aromatic N) is 1. The van der Waals surface area contributed by atoms with E-state index in [1.807, 2.05) is 12.1 Å². The number of hydrogen-bond acceptors (Lipinski definition) is 6. The number of carbonyl (C=O) groups is 2. The van der Waals surface area contributed by atoms with E-state index in [-0.39, 0.29) is 17.3 Å². The Morgan fingerprint density at radius 1 is 1.00 bits per heavy atom. The molecule has 1 amide bonds. The average Bonchev–Trinajstić information content (AvgIpc) is 3.29. The van der Waals surface area contributed by atoms with Gasteiger partial charge in [-0.05, 0) is 48.5 Å². The van der Waals surface area contributed by atoms with Crippen molar-refractivity contribution in [3.8, 4) is 11.3 Å². The average molecular weight is 468 g/mol.